The number of hydrogen-bond donors (Lipinski definition) is 1. The number of fused-ring (bicyclic) bond motifs is 1. The van der Waals surface area contributed by atoms with Crippen molar-refractivity contribution in [2.24, 2.45) is 7.05 Å². The van der Waals surface area contributed by atoms with Crippen molar-refractivity contribution >= 4 is 26.6 Å². The van der Waals surface area contributed by atoms with Crippen LogP contribution >= 0.6 is 0 Å². The van der Waals surface area contributed by atoms with E-state index in [2.05, 4.69) is 22.9 Å². The van der Waals surface area contributed by atoms with Crippen molar-refractivity contribution in [3.05, 3.63) is 65.4 Å². The Morgan fingerprint density at radius 2 is 1.74 bits per heavy atom. The third kappa shape index (κ3) is 4.39. The van der Waals surface area contributed by atoms with Crippen LogP contribution < -0.4 is 5.32 Å². The minimum Gasteiger partial charge on any atom is -0.352 e. The maximum atomic E-state index is 12.3. The Morgan fingerprint density at radius 1 is 1.04 bits per heavy atom. The second kappa shape index (κ2) is 7.56. The molecule has 0 radical (unpaired) electrons. The number of rotatable bonds is 6. The molecule has 27 heavy (non-hydrogen) atoms. The molecule has 0 atom stereocenters. The SMILES string of the molecule is Cc1ccc(S(=O)(=O)CCC(=O)NCc2ccc3c(c2)cc(C)n3C)cc1. The van der Waals surface area contributed by atoms with Crippen molar-refractivity contribution in [2.45, 2.75) is 31.7 Å². The third-order valence-corrected chi connectivity index (χ3v) is 6.55. The summed E-state index contributed by atoms with van der Waals surface area (Å²) in [6.45, 7) is 4.33. The third-order valence-electron chi connectivity index (χ3n) is 4.81. The first-order valence-electron chi connectivity index (χ1n) is 8.87. The highest BCUT2D eigenvalue weighted by atomic mass is 32.2. The van der Waals surface area contributed by atoms with E-state index in [4.69, 9.17) is 0 Å². The Labute approximate surface area is 159 Å². The molecule has 0 bridgehead atoms. The summed E-state index contributed by atoms with van der Waals surface area (Å²) < 4.78 is 26.8. The topological polar surface area (TPSA) is 68.2 Å². The summed E-state index contributed by atoms with van der Waals surface area (Å²) in [7, 11) is -1.43. The number of carbonyl (C=O) groups is 1. The van der Waals surface area contributed by atoms with Gasteiger partial charge in [0.25, 0.3) is 0 Å². The fraction of sp³-hybridized carbons (Fsp3) is 0.286. The van der Waals surface area contributed by atoms with E-state index < -0.39 is 9.84 Å². The summed E-state index contributed by atoms with van der Waals surface area (Å²) in [6, 6.07) is 14.8. The van der Waals surface area contributed by atoms with Gasteiger partial charge in [0, 0.05) is 36.6 Å². The van der Waals surface area contributed by atoms with Gasteiger partial charge in [-0.05, 0) is 49.7 Å². The molecular weight excluding hydrogens is 360 g/mol. The minimum absolute atomic E-state index is 0.0527. The van der Waals surface area contributed by atoms with Crippen LogP contribution in [0.3, 0.4) is 0 Å². The maximum Gasteiger partial charge on any atom is 0.221 e. The van der Waals surface area contributed by atoms with Crippen LogP contribution in [-0.2, 0) is 28.2 Å². The Bertz CT molecular complexity index is 1080. The number of nitrogens with zero attached hydrogens (tertiary/aromatic N) is 1. The molecule has 1 N–H and O–H groups in total. The summed E-state index contributed by atoms with van der Waals surface area (Å²) in [5.41, 5.74) is 4.30. The molecule has 142 valence electrons. The molecule has 3 rings (SSSR count). The summed E-state index contributed by atoms with van der Waals surface area (Å²) in [5.74, 6) is -0.464. The minimum atomic E-state index is -3.45. The Balaban J connectivity index is 1.57. The van der Waals surface area contributed by atoms with E-state index in [0.29, 0.717) is 6.54 Å². The van der Waals surface area contributed by atoms with Gasteiger partial charge in [0.1, 0.15) is 0 Å². The van der Waals surface area contributed by atoms with E-state index in [1.54, 1.807) is 24.3 Å². The molecule has 0 spiro atoms. The van der Waals surface area contributed by atoms with E-state index >= 15 is 0 Å². The van der Waals surface area contributed by atoms with E-state index in [-0.39, 0.29) is 23.0 Å². The van der Waals surface area contributed by atoms with Gasteiger partial charge in [-0.25, -0.2) is 8.42 Å². The Kier molecular flexibility index (Phi) is 5.37. The summed E-state index contributed by atoms with van der Waals surface area (Å²) in [4.78, 5) is 12.3. The fourth-order valence-corrected chi connectivity index (χ4v) is 4.27. The summed E-state index contributed by atoms with van der Waals surface area (Å²) >= 11 is 0. The number of carbonyl (C=O) groups excluding carboxylic acids is 1. The predicted molar refractivity (Wildman–Crippen MR) is 107 cm³/mol. The van der Waals surface area contributed by atoms with Crippen LogP contribution in [-0.4, -0.2) is 24.6 Å². The second-order valence-corrected chi connectivity index (χ2v) is 9.01. The van der Waals surface area contributed by atoms with Crippen molar-refractivity contribution in [3.8, 4) is 0 Å². The highest BCUT2D eigenvalue weighted by Crippen LogP contribution is 2.20. The zero-order valence-corrected chi connectivity index (χ0v) is 16.6. The largest absolute Gasteiger partial charge is 0.352 e. The lowest BCUT2D eigenvalue weighted by Crippen LogP contribution is -2.25. The van der Waals surface area contributed by atoms with Crippen molar-refractivity contribution in [3.63, 3.8) is 0 Å². The first-order valence-corrected chi connectivity index (χ1v) is 10.5. The Morgan fingerprint density at radius 3 is 2.44 bits per heavy atom. The van der Waals surface area contributed by atoms with Gasteiger partial charge >= 0.3 is 0 Å². The smallest absolute Gasteiger partial charge is 0.221 e. The number of aryl methyl sites for hydroxylation is 3. The van der Waals surface area contributed by atoms with E-state index in [0.717, 1.165) is 22.0 Å². The molecule has 0 saturated heterocycles. The van der Waals surface area contributed by atoms with Crippen LogP contribution in [0.4, 0.5) is 0 Å². The first-order chi connectivity index (χ1) is 12.8. The molecular formula is C21H24N2O3S. The molecule has 1 heterocycles. The average Bonchev–Trinajstić information content (AvgIpc) is 2.92. The monoisotopic (exact) mass is 384 g/mol. The van der Waals surface area contributed by atoms with Crippen molar-refractivity contribution in [1.82, 2.24) is 9.88 Å². The quantitative estimate of drug-likeness (QED) is 0.709. The van der Waals surface area contributed by atoms with Gasteiger partial charge in [-0.3, -0.25) is 4.79 Å². The van der Waals surface area contributed by atoms with Crippen molar-refractivity contribution < 1.29 is 13.2 Å². The normalized spacial score (nSPS) is 11.7. The van der Waals surface area contributed by atoms with Gasteiger partial charge in [0.05, 0.1) is 10.6 Å². The molecule has 6 heteroatoms. The van der Waals surface area contributed by atoms with E-state index in [1.165, 1.54) is 5.69 Å². The number of benzene rings is 2. The van der Waals surface area contributed by atoms with Gasteiger partial charge < -0.3 is 9.88 Å². The van der Waals surface area contributed by atoms with Crippen LogP contribution in [0.2, 0.25) is 0 Å². The molecule has 0 aliphatic heterocycles. The van der Waals surface area contributed by atoms with Gasteiger partial charge in [0.15, 0.2) is 9.84 Å². The lowest BCUT2D eigenvalue weighted by molar-refractivity contribution is -0.120. The van der Waals surface area contributed by atoms with E-state index in [9.17, 15) is 13.2 Å². The fourth-order valence-electron chi connectivity index (χ4n) is 3.03. The highest BCUT2D eigenvalue weighted by molar-refractivity contribution is 7.91. The molecule has 2 aromatic carbocycles. The second-order valence-electron chi connectivity index (χ2n) is 6.90. The van der Waals surface area contributed by atoms with Crippen LogP contribution in [0, 0.1) is 13.8 Å². The van der Waals surface area contributed by atoms with E-state index in [1.807, 2.05) is 32.2 Å². The van der Waals surface area contributed by atoms with Crippen LogP contribution in [0.15, 0.2) is 53.4 Å². The lowest BCUT2D eigenvalue weighted by atomic mass is 10.1. The standard InChI is InChI=1S/C21H24N2O3S/c1-15-4-7-19(8-5-15)27(25,26)11-10-21(24)22-14-17-6-9-20-18(13-17)12-16(2)23(20)3/h4-9,12-13H,10-11,14H2,1-3H3,(H,22,24). The zero-order valence-electron chi connectivity index (χ0n) is 15.8. The van der Waals surface area contributed by atoms with Crippen LogP contribution in [0.1, 0.15) is 23.2 Å². The average molecular weight is 385 g/mol. The van der Waals surface area contributed by atoms with Crippen molar-refractivity contribution in [2.75, 3.05) is 5.75 Å². The maximum absolute atomic E-state index is 12.3. The molecule has 1 aromatic heterocycles. The molecule has 0 aliphatic rings. The Hall–Kier alpha value is -2.60. The van der Waals surface area contributed by atoms with Gasteiger partial charge in [0.2, 0.25) is 5.91 Å². The number of sulfone groups is 1. The highest BCUT2D eigenvalue weighted by Gasteiger charge is 2.16. The number of hydrogen-bond acceptors (Lipinski definition) is 3. The number of nitrogens with one attached hydrogen (secondary N) is 1. The number of amides is 1. The first kappa shape index (κ1) is 19.2. The molecule has 0 fully saturated rings. The molecule has 0 unspecified atom stereocenters. The van der Waals surface area contributed by atoms with Gasteiger partial charge in [-0.1, -0.05) is 23.8 Å². The molecule has 0 aliphatic carbocycles. The van der Waals surface area contributed by atoms with Crippen LogP contribution in [0.25, 0.3) is 10.9 Å². The molecule has 0 saturated carbocycles. The molecule has 1 amide bonds. The molecule has 5 nitrogen and oxygen atoms in total. The number of aromatic nitrogens is 1. The summed E-state index contributed by atoms with van der Waals surface area (Å²) in [5, 5.41) is 3.94. The molecule has 3 aromatic rings. The zero-order chi connectivity index (χ0) is 19.6. The lowest BCUT2D eigenvalue weighted by Gasteiger charge is -2.07. The predicted octanol–water partition coefficient (Wildman–Crippen LogP) is 3.28. The summed E-state index contributed by atoms with van der Waals surface area (Å²) in [6.07, 6.45) is -0.0527. The van der Waals surface area contributed by atoms with Gasteiger partial charge in [-0.15, -0.1) is 0 Å². The van der Waals surface area contributed by atoms with Gasteiger partial charge in [-0.2, -0.15) is 0 Å². The van der Waals surface area contributed by atoms with Crippen LogP contribution in [0.5, 0.6) is 0 Å². The van der Waals surface area contributed by atoms with Crippen molar-refractivity contribution in [1.29, 1.82) is 0 Å².